The molecule has 0 bridgehead atoms. The summed E-state index contributed by atoms with van der Waals surface area (Å²) in [7, 11) is 0. The van der Waals surface area contributed by atoms with Crippen LogP contribution in [-0.2, 0) is 18.8 Å². The van der Waals surface area contributed by atoms with E-state index in [1.54, 1.807) is 12.4 Å². The molecule has 0 atom stereocenters. The van der Waals surface area contributed by atoms with Crippen LogP contribution in [0.4, 0.5) is 0 Å². The van der Waals surface area contributed by atoms with Gasteiger partial charge in [0, 0.05) is 25.1 Å². The first-order valence-corrected chi connectivity index (χ1v) is 6.66. The van der Waals surface area contributed by atoms with Crippen LogP contribution in [0, 0.1) is 0 Å². The molecule has 0 N–H and O–H groups in total. The highest BCUT2D eigenvalue weighted by molar-refractivity contribution is 6.16. The zero-order chi connectivity index (χ0) is 13.1. The summed E-state index contributed by atoms with van der Waals surface area (Å²) in [6, 6.07) is 6.03. The van der Waals surface area contributed by atoms with Crippen LogP contribution in [-0.4, -0.2) is 19.5 Å². The van der Waals surface area contributed by atoms with Crippen molar-refractivity contribution in [2.24, 2.45) is 0 Å². The van der Waals surface area contributed by atoms with E-state index in [1.807, 2.05) is 30.6 Å². The molecule has 0 aliphatic heterocycles. The average molecular weight is 273 g/mol. The third-order valence-electron chi connectivity index (χ3n) is 3.12. The number of halogens is 1. The lowest BCUT2D eigenvalue weighted by Crippen LogP contribution is -2.05. The molecule has 0 aliphatic rings. The standard InChI is InChI=1S/C14H13ClN4/c15-9-14-18-12-10-17-7-3-13(12)19(14)8-4-11-1-5-16-6-2-11/h1-3,5-7,10H,4,8-9H2. The second-order valence-corrected chi connectivity index (χ2v) is 4.55. The molecule has 3 aromatic rings. The number of imidazole rings is 1. The lowest BCUT2D eigenvalue weighted by Gasteiger charge is -2.07. The van der Waals surface area contributed by atoms with Crippen molar-refractivity contribution in [1.82, 2.24) is 19.5 Å². The monoisotopic (exact) mass is 272 g/mol. The van der Waals surface area contributed by atoms with E-state index in [9.17, 15) is 0 Å². The van der Waals surface area contributed by atoms with Gasteiger partial charge in [-0.15, -0.1) is 11.6 Å². The first-order chi connectivity index (χ1) is 9.38. The van der Waals surface area contributed by atoms with Crippen LogP contribution in [0.15, 0.2) is 43.0 Å². The fourth-order valence-electron chi connectivity index (χ4n) is 2.17. The van der Waals surface area contributed by atoms with Gasteiger partial charge in [0.1, 0.15) is 11.3 Å². The smallest absolute Gasteiger partial charge is 0.124 e. The Morgan fingerprint density at radius 3 is 2.63 bits per heavy atom. The highest BCUT2D eigenvalue weighted by Gasteiger charge is 2.09. The molecule has 3 rings (SSSR count). The molecule has 96 valence electrons. The Bertz CT molecular complexity index is 678. The van der Waals surface area contributed by atoms with Crippen LogP contribution in [0.5, 0.6) is 0 Å². The SMILES string of the molecule is ClCc1nc2cnccc2n1CCc1ccncc1. The van der Waals surface area contributed by atoms with Crippen molar-refractivity contribution in [3.8, 4) is 0 Å². The summed E-state index contributed by atoms with van der Waals surface area (Å²) in [5, 5.41) is 0. The zero-order valence-electron chi connectivity index (χ0n) is 10.3. The molecule has 0 saturated carbocycles. The highest BCUT2D eigenvalue weighted by atomic mass is 35.5. The second kappa shape index (κ2) is 5.36. The molecule has 0 unspecified atom stereocenters. The molecule has 19 heavy (non-hydrogen) atoms. The van der Waals surface area contributed by atoms with Crippen LogP contribution in [0.2, 0.25) is 0 Å². The van der Waals surface area contributed by atoms with Crippen LogP contribution < -0.4 is 0 Å². The normalized spacial score (nSPS) is 11.0. The molecule has 0 saturated heterocycles. The molecule has 3 heterocycles. The van der Waals surface area contributed by atoms with E-state index in [-0.39, 0.29) is 0 Å². The molecule has 0 aromatic carbocycles. The Labute approximate surface area is 116 Å². The van der Waals surface area contributed by atoms with E-state index >= 15 is 0 Å². The van der Waals surface area contributed by atoms with Gasteiger partial charge in [-0.3, -0.25) is 9.97 Å². The molecule has 0 amide bonds. The van der Waals surface area contributed by atoms with Gasteiger partial charge >= 0.3 is 0 Å². The summed E-state index contributed by atoms with van der Waals surface area (Å²) in [6.45, 7) is 0.854. The van der Waals surface area contributed by atoms with Gasteiger partial charge < -0.3 is 4.57 Å². The summed E-state index contributed by atoms with van der Waals surface area (Å²) in [4.78, 5) is 12.6. The molecule has 0 fully saturated rings. The molecule has 3 aromatic heterocycles. The predicted molar refractivity (Wildman–Crippen MR) is 75.0 cm³/mol. The Balaban J connectivity index is 1.91. The fraction of sp³-hybridized carbons (Fsp3) is 0.214. The van der Waals surface area contributed by atoms with E-state index < -0.39 is 0 Å². The Kier molecular flexibility index (Phi) is 3.42. The number of rotatable bonds is 4. The maximum absolute atomic E-state index is 5.97. The minimum Gasteiger partial charge on any atom is -0.327 e. The zero-order valence-corrected chi connectivity index (χ0v) is 11.1. The maximum atomic E-state index is 5.97. The van der Waals surface area contributed by atoms with Crippen LogP contribution >= 0.6 is 11.6 Å². The topological polar surface area (TPSA) is 43.6 Å². The lowest BCUT2D eigenvalue weighted by molar-refractivity contribution is 0.687. The summed E-state index contributed by atoms with van der Waals surface area (Å²) >= 11 is 5.97. The van der Waals surface area contributed by atoms with Crippen LogP contribution in [0.25, 0.3) is 11.0 Å². The first-order valence-electron chi connectivity index (χ1n) is 6.12. The lowest BCUT2D eigenvalue weighted by atomic mass is 10.2. The molecule has 0 spiro atoms. The third kappa shape index (κ3) is 2.44. The minimum absolute atomic E-state index is 0.408. The number of hydrogen-bond donors (Lipinski definition) is 0. The van der Waals surface area contributed by atoms with Crippen molar-refractivity contribution in [3.05, 3.63) is 54.4 Å². The number of hydrogen-bond acceptors (Lipinski definition) is 3. The number of pyridine rings is 2. The Morgan fingerprint density at radius 1 is 1.05 bits per heavy atom. The van der Waals surface area contributed by atoms with E-state index in [2.05, 4.69) is 19.5 Å². The van der Waals surface area contributed by atoms with Gasteiger partial charge in [-0.1, -0.05) is 0 Å². The average Bonchev–Trinajstić information content (AvgIpc) is 2.84. The maximum Gasteiger partial charge on any atom is 0.124 e. The van der Waals surface area contributed by atoms with Crippen molar-refractivity contribution < 1.29 is 0 Å². The second-order valence-electron chi connectivity index (χ2n) is 4.28. The van der Waals surface area contributed by atoms with E-state index in [1.165, 1.54) is 5.56 Å². The number of alkyl halides is 1. The van der Waals surface area contributed by atoms with Crippen molar-refractivity contribution in [2.75, 3.05) is 0 Å². The summed E-state index contributed by atoms with van der Waals surface area (Å²) in [5.41, 5.74) is 3.24. The summed E-state index contributed by atoms with van der Waals surface area (Å²) in [5.74, 6) is 1.30. The largest absolute Gasteiger partial charge is 0.327 e. The molecule has 0 aliphatic carbocycles. The third-order valence-corrected chi connectivity index (χ3v) is 3.36. The first kappa shape index (κ1) is 12.1. The quantitative estimate of drug-likeness (QED) is 0.686. The van der Waals surface area contributed by atoms with Crippen LogP contribution in [0.1, 0.15) is 11.4 Å². The van der Waals surface area contributed by atoms with Gasteiger partial charge in [-0.2, -0.15) is 0 Å². The van der Waals surface area contributed by atoms with Crippen LogP contribution in [0.3, 0.4) is 0 Å². The van der Waals surface area contributed by atoms with E-state index in [4.69, 9.17) is 11.6 Å². The molecular weight excluding hydrogens is 260 g/mol. The summed E-state index contributed by atoms with van der Waals surface area (Å²) in [6.07, 6.45) is 8.11. The van der Waals surface area contributed by atoms with Gasteiger partial charge in [0.2, 0.25) is 0 Å². The number of nitrogens with zero attached hydrogens (tertiary/aromatic N) is 4. The van der Waals surface area contributed by atoms with Gasteiger partial charge in [0.15, 0.2) is 0 Å². The van der Waals surface area contributed by atoms with Gasteiger partial charge in [0.25, 0.3) is 0 Å². The van der Waals surface area contributed by atoms with Gasteiger partial charge in [-0.05, 0) is 30.2 Å². The summed E-state index contributed by atoms with van der Waals surface area (Å²) < 4.78 is 2.16. The number of fused-ring (bicyclic) bond motifs is 1. The van der Waals surface area contributed by atoms with E-state index in [0.717, 1.165) is 29.8 Å². The van der Waals surface area contributed by atoms with Crippen molar-refractivity contribution in [1.29, 1.82) is 0 Å². The molecule has 0 radical (unpaired) electrons. The molecule has 5 heteroatoms. The molecular formula is C14H13ClN4. The van der Waals surface area contributed by atoms with E-state index in [0.29, 0.717) is 5.88 Å². The van der Waals surface area contributed by atoms with Crippen molar-refractivity contribution in [2.45, 2.75) is 18.8 Å². The number of aromatic nitrogens is 4. The van der Waals surface area contributed by atoms with Gasteiger partial charge in [0.05, 0.1) is 17.6 Å². The minimum atomic E-state index is 0.408. The van der Waals surface area contributed by atoms with Crippen molar-refractivity contribution >= 4 is 22.6 Å². The predicted octanol–water partition coefficient (Wildman–Crippen LogP) is 2.81. The number of aryl methyl sites for hydroxylation is 2. The Hall–Kier alpha value is -1.94. The fourth-order valence-corrected chi connectivity index (χ4v) is 2.38. The highest BCUT2D eigenvalue weighted by Crippen LogP contribution is 2.17. The molecule has 4 nitrogen and oxygen atoms in total. The Morgan fingerprint density at radius 2 is 1.84 bits per heavy atom. The van der Waals surface area contributed by atoms with Gasteiger partial charge in [-0.25, -0.2) is 4.98 Å². The van der Waals surface area contributed by atoms with Crippen molar-refractivity contribution in [3.63, 3.8) is 0 Å².